The minimum atomic E-state index is -0.528. The molecule has 0 aromatic carbocycles. The van der Waals surface area contributed by atoms with Crippen molar-refractivity contribution >= 4 is 11.7 Å². The van der Waals surface area contributed by atoms with Crippen LogP contribution >= 0.6 is 0 Å². The minimum absolute atomic E-state index is 0.0675. The van der Waals surface area contributed by atoms with E-state index in [1.165, 1.54) is 13.5 Å². The zero-order valence-corrected chi connectivity index (χ0v) is 17.9. The smallest absolute Gasteiger partial charge is 0.307 e. The lowest BCUT2D eigenvalue weighted by molar-refractivity contribution is -0.155. The monoisotopic (exact) mass is 379 g/mol. The standard InChI is InChI=1S/C22H37NO4/c1-16(2)12-18-13-17(14-18)9-10-20(23-26-6)19(8-7-11-24)15-21(25)27-22(3,4)5/h16-19,24H,7-8,11-15H2,1-6H3/t17?,18?,19-/m0/s1. The number of esters is 1. The van der Waals surface area contributed by atoms with Gasteiger partial charge in [-0.3, -0.25) is 4.79 Å². The Labute approximate surface area is 164 Å². The quantitative estimate of drug-likeness (QED) is 0.282. The predicted octanol–water partition coefficient (Wildman–Crippen LogP) is 4.19. The molecule has 1 N–H and O–H groups in total. The molecule has 1 aliphatic carbocycles. The van der Waals surface area contributed by atoms with Crippen LogP contribution in [0.15, 0.2) is 5.16 Å². The van der Waals surface area contributed by atoms with Gasteiger partial charge in [0.2, 0.25) is 0 Å². The van der Waals surface area contributed by atoms with Crippen molar-refractivity contribution in [3.05, 3.63) is 0 Å². The van der Waals surface area contributed by atoms with Crippen LogP contribution in [0.5, 0.6) is 0 Å². The van der Waals surface area contributed by atoms with Crippen molar-refractivity contribution in [1.82, 2.24) is 0 Å². The first-order chi connectivity index (χ1) is 12.6. The minimum Gasteiger partial charge on any atom is -0.460 e. The lowest BCUT2D eigenvalue weighted by Crippen LogP contribution is -2.27. The highest BCUT2D eigenvalue weighted by Crippen LogP contribution is 2.37. The van der Waals surface area contributed by atoms with E-state index in [0.717, 1.165) is 24.7 Å². The van der Waals surface area contributed by atoms with Crippen LogP contribution in [-0.2, 0) is 14.4 Å². The predicted molar refractivity (Wildman–Crippen MR) is 108 cm³/mol. The first kappa shape index (κ1) is 23.5. The molecule has 1 atom stereocenters. The van der Waals surface area contributed by atoms with E-state index in [2.05, 4.69) is 30.8 Å². The van der Waals surface area contributed by atoms with Crippen LogP contribution in [0.4, 0.5) is 0 Å². The van der Waals surface area contributed by atoms with Gasteiger partial charge >= 0.3 is 5.97 Å². The molecule has 0 bridgehead atoms. The number of hydrogen-bond donors (Lipinski definition) is 1. The van der Waals surface area contributed by atoms with Crippen molar-refractivity contribution in [2.45, 2.75) is 78.7 Å². The number of aliphatic hydroxyl groups excluding tert-OH is 1. The Morgan fingerprint density at radius 3 is 2.48 bits per heavy atom. The van der Waals surface area contributed by atoms with Gasteiger partial charge in [0, 0.05) is 18.4 Å². The largest absolute Gasteiger partial charge is 0.460 e. The number of rotatable bonds is 9. The Balaban J connectivity index is 2.75. The molecule has 27 heavy (non-hydrogen) atoms. The van der Waals surface area contributed by atoms with Crippen molar-refractivity contribution in [3.63, 3.8) is 0 Å². The summed E-state index contributed by atoms with van der Waals surface area (Å²) < 4.78 is 5.44. The molecule has 0 aromatic rings. The molecule has 0 heterocycles. The average Bonchev–Trinajstić information content (AvgIpc) is 2.50. The van der Waals surface area contributed by atoms with Crippen LogP contribution < -0.4 is 0 Å². The highest BCUT2D eigenvalue weighted by molar-refractivity contribution is 6.03. The van der Waals surface area contributed by atoms with Crippen LogP contribution in [0.25, 0.3) is 0 Å². The molecule has 0 aromatic heterocycles. The van der Waals surface area contributed by atoms with Gasteiger partial charge in [-0.15, -0.1) is 0 Å². The molecule has 5 nitrogen and oxygen atoms in total. The summed E-state index contributed by atoms with van der Waals surface area (Å²) in [5.41, 5.74) is 0.0457. The molecular formula is C22H37NO4. The summed E-state index contributed by atoms with van der Waals surface area (Å²) in [7, 11) is 1.49. The van der Waals surface area contributed by atoms with Crippen LogP contribution in [0, 0.1) is 35.5 Å². The van der Waals surface area contributed by atoms with Crippen LogP contribution in [0.2, 0.25) is 0 Å². The van der Waals surface area contributed by atoms with E-state index < -0.39 is 5.60 Å². The van der Waals surface area contributed by atoms with Gasteiger partial charge in [0.25, 0.3) is 0 Å². The maximum absolute atomic E-state index is 12.3. The molecule has 0 spiro atoms. The summed E-state index contributed by atoms with van der Waals surface area (Å²) >= 11 is 0. The molecule has 0 unspecified atom stereocenters. The third-order valence-electron chi connectivity index (χ3n) is 4.56. The van der Waals surface area contributed by atoms with Crippen molar-refractivity contribution in [1.29, 1.82) is 0 Å². The number of aliphatic hydroxyl groups is 1. The van der Waals surface area contributed by atoms with E-state index in [-0.39, 0.29) is 24.9 Å². The van der Waals surface area contributed by atoms with Crippen LogP contribution in [0.1, 0.15) is 73.1 Å². The Morgan fingerprint density at radius 2 is 1.96 bits per heavy atom. The van der Waals surface area contributed by atoms with E-state index in [9.17, 15) is 9.90 Å². The molecule has 1 aliphatic rings. The maximum Gasteiger partial charge on any atom is 0.307 e. The Hall–Kier alpha value is -1.54. The SMILES string of the molecule is CON=C(C#CC1CC(CC(C)C)C1)[C@@H](CCCO)CC(=O)OC(C)(C)C. The molecule has 0 amide bonds. The second-order valence-electron chi connectivity index (χ2n) is 8.95. The van der Waals surface area contributed by atoms with Crippen molar-refractivity contribution < 1.29 is 19.5 Å². The number of ether oxygens (including phenoxy) is 1. The number of oxime groups is 1. The second-order valence-corrected chi connectivity index (χ2v) is 8.95. The fourth-order valence-corrected chi connectivity index (χ4v) is 3.44. The van der Waals surface area contributed by atoms with Gasteiger partial charge in [-0.25, -0.2) is 0 Å². The topological polar surface area (TPSA) is 68.1 Å². The summed E-state index contributed by atoms with van der Waals surface area (Å²) in [4.78, 5) is 17.2. The van der Waals surface area contributed by atoms with Gasteiger partial charge in [0.15, 0.2) is 0 Å². The van der Waals surface area contributed by atoms with Crippen LogP contribution in [0.3, 0.4) is 0 Å². The first-order valence-electron chi connectivity index (χ1n) is 10.1. The maximum atomic E-state index is 12.3. The lowest BCUT2D eigenvalue weighted by atomic mass is 9.71. The zero-order chi connectivity index (χ0) is 20.4. The molecule has 1 rings (SSSR count). The van der Waals surface area contributed by atoms with E-state index in [0.29, 0.717) is 24.5 Å². The molecule has 0 aliphatic heterocycles. The van der Waals surface area contributed by atoms with Gasteiger partial charge in [-0.1, -0.05) is 24.9 Å². The summed E-state index contributed by atoms with van der Waals surface area (Å²) in [6.45, 7) is 10.1. The Bertz CT molecular complexity index is 545. The van der Waals surface area contributed by atoms with Gasteiger partial charge in [0.1, 0.15) is 18.4 Å². The summed E-state index contributed by atoms with van der Waals surface area (Å²) in [6, 6.07) is 0. The third kappa shape index (κ3) is 9.81. The number of hydrogen-bond acceptors (Lipinski definition) is 5. The molecule has 1 fully saturated rings. The number of nitrogens with zero attached hydrogens (tertiary/aromatic N) is 1. The highest BCUT2D eigenvalue weighted by Gasteiger charge is 2.28. The van der Waals surface area contributed by atoms with Crippen molar-refractivity contribution in [2.75, 3.05) is 13.7 Å². The van der Waals surface area contributed by atoms with Crippen molar-refractivity contribution in [2.24, 2.45) is 28.8 Å². The number of carbonyl (C=O) groups excluding carboxylic acids is 1. The average molecular weight is 380 g/mol. The normalized spacial score (nSPS) is 21.1. The summed E-state index contributed by atoms with van der Waals surface area (Å²) in [6.07, 6.45) is 4.92. The molecule has 0 saturated heterocycles. The molecule has 5 heteroatoms. The van der Waals surface area contributed by atoms with Crippen LogP contribution in [-0.4, -0.2) is 36.1 Å². The van der Waals surface area contributed by atoms with Crippen molar-refractivity contribution in [3.8, 4) is 11.8 Å². The second kappa shape index (κ2) is 11.3. The fraction of sp³-hybridized carbons (Fsp3) is 0.818. The van der Waals surface area contributed by atoms with Gasteiger partial charge < -0.3 is 14.7 Å². The number of carbonyl (C=O) groups is 1. The first-order valence-corrected chi connectivity index (χ1v) is 10.1. The van der Waals surface area contributed by atoms with E-state index in [1.54, 1.807) is 0 Å². The lowest BCUT2D eigenvalue weighted by Gasteiger charge is -2.33. The van der Waals surface area contributed by atoms with Gasteiger partial charge in [0.05, 0.1) is 6.42 Å². The highest BCUT2D eigenvalue weighted by atomic mass is 16.6. The van der Waals surface area contributed by atoms with E-state index in [1.807, 2.05) is 20.8 Å². The van der Waals surface area contributed by atoms with E-state index in [4.69, 9.17) is 9.57 Å². The summed E-state index contributed by atoms with van der Waals surface area (Å²) in [5, 5.41) is 13.3. The third-order valence-corrected chi connectivity index (χ3v) is 4.56. The van der Waals surface area contributed by atoms with Gasteiger partial charge in [-0.05, 0) is 70.6 Å². The Kier molecular flexibility index (Phi) is 9.87. The molecule has 1 saturated carbocycles. The molecule has 154 valence electrons. The van der Waals surface area contributed by atoms with E-state index >= 15 is 0 Å². The molecule has 0 radical (unpaired) electrons. The fourth-order valence-electron chi connectivity index (χ4n) is 3.44. The summed E-state index contributed by atoms with van der Waals surface area (Å²) in [5.74, 6) is 7.89. The zero-order valence-electron chi connectivity index (χ0n) is 17.9. The van der Waals surface area contributed by atoms with Gasteiger partial charge in [-0.2, -0.15) is 0 Å². The Morgan fingerprint density at radius 1 is 1.30 bits per heavy atom. The molecular weight excluding hydrogens is 342 g/mol.